The van der Waals surface area contributed by atoms with Crippen LogP contribution in [0.15, 0.2) is 54.9 Å². The van der Waals surface area contributed by atoms with Gasteiger partial charge in [0.05, 0.1) is 0 Å². The van der Waals surface area contributed by atoms with Gasteiger partial charge in [0.2, 0.25) is 0 Å². The molecule has 0 spiro atoms. The first-order chi connectivity index (χ1) is 12.8. The number of rotatable bonds is 6. The molecular weight excluding hydrogens is 320 g/mol. The summed E-state index contributed by atoms with van der Waals surface area (Å²) in [6.07, 6.45) is 5.03. The monoisotopic (exact) mass is 348 g/mol. The predicted molar refractivity (Wildman–Crippen MR) is 107 cm³/mol. The summed E-state index contributed by atoms with van der Waals surface area (Å²) in [5, 5.41) is 2.74. The van der Waals surface area contributed by atoms with Crippen LogP contribution in [0.25, 0.3) is 10.8 Å². The lowest BCUT2D eigenvalue weighted by Gasteiger charge is -2.35. The van der Waals surface area contributed by atoms with Gasteiger partial charge in [-0.25, -0.2) is 4.98 Å². The average Bonchev–Trinajstić information content (AvgIpc) is 3.15. The summed E-state index contributed by atoms with van der Waals surface area (Å²) < 4.78 is 2.29. The van der Waals surface area contributed by atoms with Crippen molar-refractivity contribution in [2.75, 3.05) is 32.7 Å². The van der Waals surface area contributed by atoms with Crippen molar-refractivity contribution in [2.45, 2.75) is 26.4 Å². The maximum atomic E-state index is 4.42. The second-order valence-corrected chi connectivity index (χ2v) is 7.15. The summed E-state index contributed by atoms with van der Waals surface area (Å²) in [6, 6.07) is 15.4. The zero-order valence-electron chi connectivity index (χ0n) is 15.6. The van der Waals surface area contributed by atoms with Gasteiger partial charge >= 0.3 is 0 Å². The highest BCUT2D eigenvalue weighted by molar-refractivity contribution is 5.85. The van der Waals surface area contributed by atoms with Crippen molar-refractivity contribution >= 4 is 10.8 Å². The van der Waals surface area contributed by atoms with Crippen molar-refractivity contribution in [1.29, 1.82) is 0 Å². The Hall–Kier alpha value is -2.17. The van der Waals surface area contributed by atoms with Crippen molar-refractivity contribution in [1.82, 2.24) is 19.4 Å². The van der Waals surface area contributed by atoms with Gasteiger partial charge in [0.15, 0.2) is 0 Å². The summed E-state index contributed by atoms with van der Waals surface area (Å²) in [4.78, 5) is 9.59. The minimum atomic E-state index is 1.01. The molecule has 0 atom stereocenters. The topological polar surface area (TPSA) is 24.3 Å². The van der Waals surface area contributed by atoms with Crippen LogP contribution in [0.1, 0.15) is 18.3 Å². The number of benzene rings is 2. The molecule has 0 N–H and O–H groups in total. The molecule has 1 aromatic heterocycles. The highest BCUT2D eigenvalue weighted by Gasteiger charge is 2.17. The molecule has 26 heavy (non-hydrogen) atoms. The fraction of sp³-hybridized carbons (Fsp3) is 0.409. The summed E-state index contributed by atoms with van der Waals surface area (Å²) in [7, 11) is 0. The maximum absolute atomic E-state index is 4.42. The van der Waals surface area contributed by atoms with Crippen molar-refractivity contribution in [3.8, 4) is 0 Å². The van der Waals surface area contributed by atoms with Gasteiger partial charge in [-0.2, -0.15) is 0 Å². The second-order valence-electron chi connectivity index (χ2n) is 7.15. The Morgan fingerprint density at radius 1 is 0.885 bits per heavy atom. The molecule has 0 aliphatic carbocycles. The number of piperazine rings is 1. The molecule has 1 aliphatic heterocycles. The average molecular weight is 348 g/mol. The van der Waals surface area contributed by atoms with E-state index in [1.165, 1.54) is 22.2 Å². The van der Waals surface area contributed by atoms with E-state index >= 15 is 0 Å². The fourth-order valence-electron chi connectivity index (χ4n) is 3.95. The van der Waals surface area contributed by atoms with Crippen molar-refractivity contribution in [3.63, 3.8) is 0 Å². The number of nitrogens with zero attached hydrogens (tertiary/aromatic N) is 4. The van der Waals surface area contributed by atoms with Crippen LogP contribution in [0.4, 0.5) is 0 Å². The molecule has 0 amide bonds. The van der Waals surface area contributed by atoms with Gasteiger partial charge in [0, 0.05) is 64.6 Å². The molecule has 136 valence electrons. The molecule has 4 rings (SSSR count). The molecule has 0 unspecified atom stereocenters. The molecule has 3 aromatic rings. The van der Waals surface area contributed by atoms with Crippen LogP contribution >= 0.6 is 0 Å². The Bertz CT molecular complexity index is 841. The van der Waals surface area contributed by atoms with Gasteiger partial charge in [0.1, 0.15) is 5.82 Å². The molecule has 2 heterocycles. The molecular formula is C22H28N4. The third-order valence-corrected chi connectivity index (χ3v) is 5.51. The van der Waals surface area contributed by atoms with Crippen LogP contribution in [0.3, 0.4) is 0 Å². The molecule has 0 radical (unpaired) electrons. The Kier molecular flexibility index (Phi) is 5.32. The number of imidazole rings is 1. The third-order valence-electron chi connectivity index (χ3n) is 5.51. The van der Waals surface area contributed by atoms with E-state index < -0.39 is 0 Å². The fourth-order valence-corrected chi connectivity index (χ4v) is 3.95. The van der Waals surface area contributed by atoms with Gasteiger partial charge in [-0.05, 0) is 16.3 Å². The minimum absolute atomic E-state index is 1.01. The van der Waals surface area contributed by atoms with E-state index in [1.54, 1.807) is 0 Å². The van der Waals surface area contributed by atoms with Crippen LogP contribution in [-0.2, 0) is 19.5 Å². The van der Waals surface area contributed by atoms with Crippen LogP contribution in [0, 0.1) is 0 Å². The second kappa shape index (κ2) is 8.02. The van der Waals surface area contributed by atoms with E-state index in [9.17, 15) is 0 Å². The lowest BCUT2D eigenvalue weighted by Crippen LogP contribution is -2.46. The van der Waals surface area contributed by atoms with Gasteiger partial charge in [-0.3, -0.25) is 9.80 Å². The van der Waals surface area contributed by atoms with E-state index in [2.05, 4.69) is 74.9 Å². The summed E-state index contributed by atoms with van der Waals surface area (Å²) >= 11 is 0. The third kappa shape index (κ3) is 3.81. The van der Waals surface area contributed by atoms with E-state index in [-0.39, 0.29) is 0 Å². The zero-order valence-corrected chi connectivity index (χ0v) is 15.6. The number of aryl methyl sites for hydroxylation is 1. The number of hydrogen-bond acceptors (Lipinski definition) is 3. The highest BCUT2D eigenvalue weighted by atomic mass is 15.3. The summed E-state index contributed by atoms with van der Waals surface area (Å²) in [6.45, 7) is 9.99. The summed E-state index contributed by atoms with van der Waals surface area (Å²) in [5.41, 5.74) is 1.45. The summed E-state index contributed by atoms with van der Waals surface area (Å²) in [5.74, 6) is 1.19. The van der Waals surface area contributed by atoms with Gasteiger partial charge in [0.25, 0.3) is 0 Å². The van der Waals surface area contributed by atoms with Gasteiger partial charge in [-0.15, -0.1) is 0 Å². The number of hydrogen-bond donors (Lipinski definition) is 0. The SMILES string of the molecule is CCc1nccn1CCN1CCN(Cc2cccc3ccccc23)CC1. The first-order valence-electron chi connectivity index (χ1n) is 9.75. The van der Waals surface area contributed by atoms with Crippen LogP contribution in [0.5, 0.6) is 0 Å². The molecule has 4 nitrogen and oxygen atoms in total. The molecule has 1 fully saturated rings. The maximum Gasteiger partial charge on any atom is 0.108 e. The van der Waals surface area contributed by atoms with E-state index in [0.717, 1.165) is 52.2 Å². The molecule has 1 saturated heterocycles. The standard InChI is InChI=1S/C22H28N4/c1-2-22-23-10-11-26(22)17-16-24-12-14-25(15-13-24)18-20-8-5-7-19-6-3-4-9-21(19)20/h3-11H,2,12-18H2,1H3. The zero-order chi connectivity index (χ0) is 17.8. The number of fused-ring (bicyclic) bond motifs is 1. The predicted octanol–water partition coefficient (Wildman–Crippen LogP) is 3.42. The minimum Gasteiger partial charge on any atom is -0.334 e. The van der Waals surface area contributed by atoms with Crippen LogP contribution in [0.2, 0.25) is 0 Å². The Labute approximate surface area is 156 Å². The van der Waals surface area contributed by atoms with Gasteiger partial charge in [-0.1, -0.05) is 49.4 Å². The van der Waals surface area contributed by atoms with E-state index in [0.29, 0.717) is 0 Å². The molecule has 0 saturated carbocycles. The van der Waals surface area contributed by atoms with Crippen molar-refractivity contribution in [2.24, 2.45) is 0 Å². The molecule has 2 aromatic carbocycles. The molecule has 4 heteroatoms. The molecule has 1 aliphatic rings. The quantitative estimate of drug-likeness (QED) is 0.682. The van der Waals surface area contributed by atoms with Crippen LogP contribution < -0.4 is 0 Å². The number of aromatic nitrogens is 2. The Balaban J connectivity index is 1.31. The Morgan fingerprint density at radius 2 is 1.65 bits per heavy atom. The van der Waals surface area contributed by atoms with Gasteiger partial charge < -0.3 is 4.57 Å². The normalized spacial score (nSPS) is 16.3. The largest absolute Gasteiger partial charge is 0.334 e. The first kappa shape index (κ1) is 17.3. The van der Waals surface area contributed by atoms with Crippen molar-refractivity contribution in [3.05, 3.63) is 66.2 Å². The lowest BCUT2D eigenvalue weighted by atomic mass is 10.0. The van der Waals surface area contributed by atoms with Crippen LogP contribution in [-0.4, -0.2) is 52.1 Å². The Morgan fingerprint density at radius 3 is 2.50 bits per heavy atom. The molecule has 0 bridgehead atoms. The highest BCUT2D eigenvalue weighted by Crippen LogP contribution is 2.20. The van der Waals surface area contributed by atoms with E-state index in [1.807, 2.05) is 6.20 Å². The lowest BCUT2D eigenvalue weighted by molar-refractivity contribution is 0.124. The smallest absolute Gasteiger partial charge is 0.108 e. The van der Waals surface area contributed by atoms with E-state index in [4.69, 9.17) is 0 Å². The first-order valence-corrected chi connectivity index (χ1v) is 9.75. The van der Waals surface area contributed by atoms with Crippen molar-refractivity contribution < 1.29 is 0 Å².